The van der Waals surface area contributed by atoms with Gasteiger partial charge in [-0.15, -0.1) is 0 Å². The summed E-state index contributed by atoms with van der Waals surface area (Å²) in [6.07, 6.45) is 5.49. The molecule has 3 heterocycles. The van der Waals surface area contributed by atoms with Gasteiger partial charge in [-0.25, -0.2) is 9.78 Å². The lowest BCUT2D eigenvalue weighted by Crippen LogP contribution is -2.53. The molecule has 2 aromatic carbocycles. The summed E-state index contributed by atoms with van der Waals surface area (Å²) in [5, 5.41) is 11.8. The molecule has 0 unspecified atom stereocenters. The first-order valence-electron chi connectivity index (χ1n) is 16.3. The van der Waals surface area contributed by atoms with Crippen molar-refractivity contribution in [3.8, 4) is 22.4 Å². The van der Waals surface area contributed by atoms with Gasteiger partial charge in [0.25, 0.3) is 0 Å². The number of amides is 2. The molecule has 3 N–H and O–H groups in total. The third-order valence-electron chi connectivity index (χ3n) is 11.0. The molecule has 236 valence electrons. The number of rotatable bonds is 6. The molecule has 2 bridgehead atoms. The predicted molar refractivity (Wildman–Crippen MR) is 173 cm³/mol. The SMILES string of the molecule is CC(C)[C@H](NC(=O)O)C(=O)N1[C@@H]2CC[C@@H](C2)[C@H]1c1ncc(-c2ccc3c(c2)CCc2cc(B4OC(C)(C)C(C)(C)O4)ccc2-3)[nH]1. The molecule has 7 rings (SSSR count). The number of piperidine rings is 1. The van der Waals surface area contributed by atoms with Gasteiger partial charge in [0, 0.05) is 6.04 Å². The number of carbonyl (C=O) groups is 2. The molecule has 3 aromatic rings. The van der Waals surface area contributed by atoms with E-state index < -0.39 is 12.1 Å². The lowest BCUT2D eigenvalue weighted by molar-refractivity contribution is -0.139. The normalized spacial score (nSPS) is 24.9. The fraction of sp³-hybridized carbons (Fsp3) is 0.514. The number of imidazole rings is 1. The first kappa shape index (κ1) is 30.1. The highest BCUT2D eigenvalue weighted by molar-refractivity contribution is 6.62. The number of nitrogens with zero attached hydrogens (tertiary/aromatic N) is 2. The highest BCUT2D eigenvalue weighted by Crippen LogP contribution is 2.50. The third-order valence-corrected chi connectivity index (χ3v) is 11.0. The van der Waals surface area contributed by atoms with Crippen LogP contribution >= 0.6 is 0 Å². The Kier molecular flexibility index (Phi) is 7.17. The molecule has 10 heteroatoms. The van der Waals surface area contributed by atoms with Crippen LogP contribution in [0.3, 0.4) is 0 Å². The summed E-state index contributed by atoms with van der Waals surface area (Å²) in [4.78, 5) is 35.5. The van der Waals surface area contributed by atoms with Crippen LogP contribution in [0.4, 0.5) is 4.79 Å². The number of aryl methyl sites for hydroxylation is 2. The van der Waals surface area contributed by atoms with Crippen molar-refractivity contribution in [3.63, 3.8) is 0 Å². The molecule has 2 amide bonds. The lowest BCUT2D eigenvalue weighted by atomic mass is 9.75. The van der Waals surface area contributed by atoms with Crippen LogP contribution in [0.5, 0.6) is 0 Å². The van der Waals surface area contributed by atoms with Crippen LogP contribution in [0.25, 0.3) is 22.4 Å². The molecule has 45 heavy (non-hydrogen) atoms. The Morgan fingerprint density at radius 2 is 1.69 bits per heavy atom. The van der Waals surface area contributed by atoms with Crippen LogP contribution in [0.2, 0.25) is 0 Å². The minimum atomic E-state index is -1.18. The van der Waals surface area contributed by atoms with E-state index in [0.717, 1.165) is 54.6 Å². The first-order chi connectivity index (χ1) is 21.3. The highest BCUT2D eigenvalue weighted by atomic mass is 16.7. The van der Waals surface area contributed by atoms with Gasteiger partial charge in [0.1, 0.15) is 11.9 Å². The number of benzene rings is 2. The number of carboxylic acid groups (broad SMARTS) is 1. The van der Waals surface area contributed by atoms with Crippen molar-refractivity contribution in [2.45, 2.75) is 103 Å². The van der Waals surface area contributed by atoms with E-state index in [1.165, 1.54) is 22.3 Å². The standard InChI is InChI=1S/C35H43BN4O5/c1-19(2)29(39-33(42)43)32(41)40-25-12-9-23(17-25)30(40)31-37-18-28(38-31)22-10-13-26-20(15-22)7-8-21-16-24(11-14-27(21)26)36-44-34(3,4)35(5,6)45-36/h10-11,13-16,18-19,23,25,29-30,39H,7-9,12,17H2,1-6H3,(H,37,38)(H,42,43)/t23-,25+,29-,30-/m0/s1. The van der Waals surface area contributed by atoms with Gasteiger partial charge < -0.3 is 29.6 Å². The van der Waals surface area contributed by atoms with Crippen molar-refractivity contribution in [1.82, 2.24) is 20.2 Å². The van der Waals surface area contributed by atoms with Crippen molar-refractivity contribution in [2.24, 2.45) is 11.8 Å². The van der Waals surface area contributed by atoms with Crippen molar-refractivity contribution in [2.75, 3.05) is 0 Å². The lowest BCUT2D eigenvalue weighted by Gasteiger charge is -2.37. The van der Waals surface area contributed by atoms with Crippen LogP contribution in [-0.2, 0) is 26.9 Å². The van der Waals surface area contributed by atoms with Gasteiger partial charge in [0.2, 0.25) is 5.91 Å². The molecule has 1 aromatic heterocycles. The zero-order valence-corrected chi connectivity index (χ0v) is 27.0. The smallest absolute Gasteiger partial charge is 0.465 e. The fourth-order valence-corrected chi connectivity index (χ4v) is 7.81. The van der Waals surface area contributed by atoms with Crippen molar-refractivity contribution in [3.05, 3.63) is 59.5 Å². The zero-order valence-electron chi connectivity index (χ0n) is 27.0. The van der Waals surface area contributed by atoms with E-state index in [9.17, 15) is 14.7 Å². The molecule has 0 spiro atoms. The Morgan fingerprint density at radius 1 is 1.02 bits per heavy atom. The van der Waals surface area contributed by atoms with Crippen molar-refractivity contribution < 1.29 is 24.0 Å². The summed E-state index contributed by atoms with van der Waals surface area (Å²) >= 11 is 0. The number of likely N-dealkylation sites (tertiary alicyclic amines) is 1. The number of hydrogen-bond acceptors (Lipinski definition) is 5. The van der Waals surface area contributed by atoms with Crippen LogP contribution < -0.4 is 10.8 Å². The molecule has 4 atom stereocenters. The largest absolute Gasteiger partial charge is 0.494 e. The maximum Gasteiger partial charge on any atom is 0.494 e. The molecular formula is C35H43BN4O5. The molecular weight excluding hydrogens is 567 g/mol. The monoisotopic (exact) mass is 610 g/mol. The molecule has 4 aliphatic rings. The van der Waals surface area contributed by atoms with Gasteiger partial charge in [-0.2, -0.15) is 0 Å². The van der Waals surface area contributed by atoms with Crippen LogP contribution in [-0.4, -0.2) is 62.4 Å². The minimum absolute atomic E-state index is 0.118. The van der Waals surface area contributed by atoms with Gasteiger partial charge >= 0.3 is 13.2 Å². The van der Waals surface area contributed by atoms with Gasteiger partial charge in [-0.3, -0.25) is 4.79 Å². The number of aromatic nitrogens is 2. The molecule has 3 fully saturated rings. The van der Waals surface area contributed by atoms with Crippen molar-refractivity contribution >= 4 is 24.6 Å². The Morgan fingerprint density at radius 3 is 2.36 bits per heavy atom. The zero-order chi connectivity index (χ0) is 31.8. The number of hydrogen-bond donors (Lipinski definition) is 3. The van der Waals surface area contributed by atoms with E-state index >= 15 is 0 Å². The van der Waals surface area contributed by atoms with Gasteiger partial charge in [-0.05, 0) is 111 Å². The fourth-order valence-electron chi connectivity index (χ4n) is 7.81. The van der Waals surface area contributed by atoms with E-state index in [0.29, 0.717) is 5.92 Å². The number of aromatic amines is 1. The number of fused-ring (bicyclic) bond motifs is 5. The second-order valence-electron chi connectivity index (χ2n) is 14.6. The van der Waals surface area contributed by atoms with E-state index in [4.69, 9.17) is 14.3 Å². The van der Waals surface area contributed by atoms with Gasteiger partial charge in [0.05, 0.1) is 29.1 Å². The topological polar surface area (TPSA) is 117 Å². The van der Waals surface area contributed by atoms with Crippen LogP contribution in [0.15, 0.2) is 42.6 Å². The maximum atomic E-state index is 13.7. The van der Waals surface area contributed by atoms with Gasteiger partial charge in [0.15, 0.2) is 0 Å². The summed E-state index contributed by atoms with van der Waals surface area (Å²) in [5.74, 6) is 0.785. The molecule has 2 aliphatic carbocycles. The summed E-state index contributed by atoms with van der Waals surface area (Å²) in [6, 6.07) is 12.3. The predicted octanol–water partition coefficient (Wildman–Crippen LogP) is 5.49. The Hall–Kier alpha value is -3.63. The maximum absolute atomic E-state index is 13.7. The second kappa shape index (κ2) is 10.7. The third kappa shape index (κ3) is 5.06. The summed E-state index contributed by atoms with van der Waals surface area (Å²) in [7, 11) is -0.371. The molecule has 1 saturated carbocycles. The average molecular weight is 611 g/mol. The highest BCUT2D eigenvalue weighted by Gasteiger charge is 2.53. The average Bonchev–Trinajstić information content (AvgIpc) is 3.78. The molecule has 9 nitrogen and oxygen atoms in total. The van der Waals surface area contributed by atoms with E-state index in [1.807, 2.05) is 24.9 Å². The molecule has 2 saturated heterocycles. The summed E-state index contributed by atoms with van der Waals surface area (Å²) in [6.45, 7) is 12.1. The Labute approximate surface area is 265 Å². The Balaban J connectivity index is 1.13. The number of nitrogens with one attached hydrogen (secondary N) is 2. The van der Waals surface area contributed by atoms with Crippen molar-refractivity contribution in [1.29, 1.82) is 0 Å². The van der Waals surface area contributed by atoms with E-state index in [2.05, 4.69) is 74.4 Å². The summed E-state index contributed by atoms with van der Waals surface area (Å²) in [5.41, 5.74) is 7.41. The minimum Gasteiger partial charge on any atom is -0.465 e. The van der Waals surface area contributed by atoms with Gasteiger partial charge in [-0.1, -0.05) is 44.2 Å². The van der Waals surface area contributed by atoms with E-state index in [-0.39, 0.29) is 42.2 Å². The second-order valence-corrected chi connectivity index (χ2v) is 14.6. The molecule has 0 radical (unpaired) electrons. The van der Waals surface area contributed by atoms with Crippen LogP contribution in [0, 0.1) is 11.8 Å². The first-order valence-corrected chi connectivity index (χ1v) is 16.3. The summed E-state index contributed by atoms with van der Waals surface area (Å²) < 4.78 is 12.6. The quantitative estimate of drug-likeness (QED) is 0.318. The number of carbonyl (C=O) groups excluding carboxylic acids is 1. The molecule has 2 aliphatic heterocycles. The van der Waals surface area contributed by atoms with Crippen LogP contribution in [0.1, 0.15) is 83.8 Å². The Bertz CT molecular complexity index is 1650. The number of H-pyrrole nitrogens is 1. The van der Waals surface area contributed by atoms with E-state index in [1.54, 1.807) is 0 Å².